The first-order chi connectivity index (χ1) is 15.1. The van der Waals surface area contributed by atoms with Crippen LogP contribution in [0.15, 0.2) is 49.2 Å². The molecule has 1 aliphatic carbocycles. The normalized spacial score (nSPS) is 18.6. The maximum Gasteiger partial charge on any atom is 0.253 e. The number of anilines is 2. The van der Waals surface area contributed by atoms with E-state index in [1.165, 1.54) is 18.9 Å². The van der Waals surface area contributed by atoms with E-state index in [1.54, 1.807) is 36.5 Å². The largest absolute Gasteiger partial charge is 0.474 e. The van der Waals surface area contributed by atoms with Gasteiger partial charge in [-0.15, -0.1) is 0 Å². The van der Waals surface area contributed by atoms with Crippen LogP contribution in [0.3, 0.4) is 0 Å². The molecule has 0 radical (unpaired) electrons. The number of hydrogen-bond donors (Lipinski definition) is 2. The number of rotatable bonds is 7. The molecular formula is C23H27N5O3. The Labute approximate surface area is 181 Å². The summed E-state index contributed by atoms with van der Waals surface area (Å²) in [6, 6.07) is 8.73. The van der Waals surface area contributed by atoms with Crippen molar-refractivity contribution in [3.63, 3.8) is 0 Å². The summed E-state index contributed by atoms with van der Waals surface area (Å²) in [4.78, 5) is 34.8. The molecule has 2 heterocycles. The van der Waals surface area contributed by atoms with E-state index in [-0.39, 0.29) is 24.0 Å². The van der Waals surface area contributed by atoms with Crippen LogP contribution in [0.4, 0.5) is 11.6 Å². The van der Waals surface area contributed by atoms with E-state index in [2.05, 4.69) is 27.2 Å². The van der Waals surface area contributed by atoms with Gasteiger partial charge in [-0.1, -0.05) is 6.58 Å². The molecule has 1 saturated carbocycles. The highest BCUT2D eigenvalue weighted by molar-refractivity contribution is 5.99. The SMILES string of the molecule is C=CC(=O)Nc1ccc(C(=O)N2CC[C@@H](Nc3nccc(OC4CCCC4)n3)C2)cc1. The van der Waals surface area contributed by atoms with Crippen molar-refractivity contribution in [1.82, 2.24) is 14.9 Å². The second kappa shape index (κ2) is 9.59. The van der Waals surface area contributed by atoms with Gasteiger partial charge in [-0.2, -0.15) is 4.98 Å². The molecule has 2 aromatic rings. The van der Waals surface area contributed by atoms with E-state index in [0.717, 1.165) is 19.3 Å². The van der Waals surface area contributed by atoms with Gasteiger partial charge in [-0.3, -0.25) is 9.59 Å². The van der Waals surface area contributed by atoms with Gasteiger partial charge in [0, 0.05) is 42.6 Å². The number of hydrogen-bond acceptors (Lipinski definition) is 6. The highest BCUT2D eigenvalue weighted by atomic mass is 16.5. The van der Waals surface area contributed by atoms with Crippen LogP contribution in [0, 0.1) is 0 Å². The molecule has 4 rings (SSSR count). The minimum atomic E-state index is -0.285. The van der Waals surface area contributed by atoms with E-state index >= 15 is 0 Å². The van der Waals surface area contributed by atoms with Gasteiger partial charge in [0.15, 0.2) is 0 Å². The quantitative estimate of drug-likeness (QED) is 0.666. The van der Waals surface area contributed by atoms with E-state index < -0.39 is 0 Å². The van der Waals surface area contributed by atoms with Crippen molar-refractivity contribution in [2.75, 3.05) is 23.7 Å². The van der Waals surface area contributed by atoms with E-state index in [9.17, 15) is 9.59 Å². The third-order valence-electron chi connectivity index (χ3n) is 5.61. The minimum Gasteiger partial charge on any atom is -0.474 e. The summed E-state index contributed by atoms with van der Waals surface area (Å²) in [6.45, 7) is 4.66. The summed E-state index contributed by atoms with van der Waals surface area (Å²) in [7, 11) is 0. The Kier molecular flexibility index (Phi) is 6.45. The number of amides is 2. The van der Waals surface area contributed by atoms with Crippen molar-refractivity contribution in [1.29, 1.82) is 0 Å². The summed E-state index contributed by atoms with van der Waals surface area (Å²) in [5.74, 6) is 0.800. The molecule has 0 spiro atoms. The Morgan fingerprint density at radius 2 is 1.90 bits per heavy atom. The Hall–Kier alpha value is -3.42. The molecular weight excluding hydrogens is 394 g/mol. The van der Waals surface area contributed by atoms with Gasteiger partial charge in [-0.05, 0) is 62.4 Å². The van der Waals surface area contributed by atoms with Crippen LogP contribution in [0.1, 0.15) is 42.5 Å². The fraction of sp³-hybridized carbons (Fsp3) is 0.391. The van der Waals surface area contributed by atoms with Crippen LogP contribution in [0.5, 0.6) is 5.88 Å². The highest BCUT2D eigenvalue weighted by Crippen LogP contribution is 2.24. The molecule has 1 aromatic heterocycles. The fourth-order valence-corrected chi connectivity index (χ4v) is 3.97. The van der Waals surface area contributed by atoms with E-state index in [1.807, 2.05) is 4.90 Å². The molecule has 162 valence electrons. The molecule has 2 N–H and O–H groups in total. The number of likely N-dealkylation sites (tertiary alicyclic amines) is 1. The number of nitrogens with zero attached hydrogens (tertiary/aromatic N) is 3. The first-order valence-corrected chi connectivity index (χ1v) is 10.7. The van der Waals surface area contributed by atoms with Crippen molar-refractivity contribution in [3.8, 4) is 5.88 Å². The Morgan fingerprint density at radius 1 is 1.13 bits per heavy atom. The van der Waals surface area contributed by atoms with Crippen LogP contribution < -0.4 is 15.4 Å². The Balaban J connectivity index is 1.31. The summed E-state index contributed by atoms with van der Waals surface area (Å²) in [5.41, 5.74) is 1.21. The van der Waals surface area contributed by atoms with Crippen molar-refractivity contribution in [2.45, 2.75) is 44.2 Å². The zero-order valence-electron chi connectivity index (χ0n) is 17.4. The lowest BCUT2D eigenvalue weighted by Gasteiger charge is -2.18. The average Bonchev–Trinajstić information content (AvgIpc) is 3.46. The minimum absolute atomic E-state index is 0.0369. The topological polar surface area (TPSA) is 96.5 Å². The van der Waals surface area contributed by atoms with Gasteiger partial charge in [0.2, 0.25) is 17.7 Å². The van der Waals surface area contributed by atoms with Crippen molar-refractivity contribution in [2.24, 2.45) is 0 Å². The molecule has 8 nitrogen and oxygen atoms in total. The van der Waals surface area contributed by atoms with E-state index in [0.29, 0.717) is 36.2 Å². The first-order valence-electron chi connectivity index (χ1n) is 10.7. The second-order valence-electron chi connectivity index (χ2n) is 7.89. The molecule has 2 aliphatic rings. The maximum atomic E-state index is 12.8. The van der Waals surface area contributed by atoms with Crippen LogP contribution >= 0.6 is 0 Å². The van der Waals surface area contributed by atoms with Gasteiger partial charge in [0.05, 0.1) is 0 Å². The first kappa shape index (κ1) is 20.8. The number of benzene rings is 1. The van der Waals surface area contributed by atoms with Crippen molar-refractivity contribution in [3.05, 3.63) is 54.7 Å². The van der Waals surface area contributed by atoms with E-state index in [4.69, 9.17) is 4.74 Å². The molecule has 8 heteroatoms. The number of carbonyl (C=O) groups is 2. The standard InChI is InChI=1S/C23H27N5O3/c1-2-20(29)25-17-9-7-16(8-10-17)22(30)28-14-12-18(15-28)26-23-24-13-11-21(27-23)31-19-5-3-4-6-19/h2,7-11,13,18-19H,1,3-6,12,14-15H2,(H,25,29)(H,24,26,27)/t18-/m1/s1. The predicted molar refractivity (Wildman–Crippen MR) is 118 cm³/mol. The average molecular weight is 422 g/mol. The number of nitrogens with one attached hydrogen (secondary N) is 2. The maximum absolute atomic E-state index is 12.8. The van der Waals surface area contributed by atoms with Crippen LogP contribution in [0.2, 0.25) is 0 Å². The molecule has 0 bridgehead atoms. The van der Waals surface area contributed by atoms with Gasteiger partial charge in [0.1, 0.15) is 6.10 Å². The van der Waals surface area contributed by atoms with Crippen molar-refractivity contribution >= 4 is 23.5 Å². The molecule has 1 aliphatic heterocycles. The van der Waals surface area contributed by atoms with Crippen LogP contribution in [-0.2, 0) is 4.79 Å². The zero-order valence-corrected chi connectivity index (χ0v) is 17.4. The molecule has 1 saturated heterocycles. The summed E-state index contributed by atoms with van der Waals surface area (Å²) in [6.07, 6.45) is 8.54. The lowest BCUT2D eigenvalue weighted by Crippen LogP contribution is -2.31. The summed E-state index contributed by atoms with van der Waals surface area (Å²) in [5, 5.41) is 6.00. The zero-order chi connectivity index (χ0) is 21.6. The molecule has 0 unspecified atom stereocenters. The smallest absolute Gasteiger partial charge is 0.253 e. The number of ether oxygens (including phenoxy) is 1. The lowest BCUT2D eigenvalue weighted by atomic mass is 10.2. The number of carbonyl (C=O) groups excluding carboxylic acids is 2. The van der Waals surface area contributed by atoms with Crippen LogP contribution in [0.25, 0.3) is 0 Å². The fourth-order valence-electron chi connectivity index (χ4n) is 3.97. The summed E-state index contributed by atoms with van der Waals surface area (Å²) < 4.78 is 5.95. The Bertz CT molecular complexity index is 940. The summed E-state index contributed by atoms with van der Waals surface area (Å²) >= 11 is 0. The Morgan fingerprint density at radius 3 is 2.65 bits per heavy atom. The molecule has 2 amide bonds. The van der Waals surface area contributed by atoms with Crippen LogP contribution in [-0.4, -0.2) is 51.9 Å². The number of aromatic nitrogens is 2. The van der Waals surface area contributed by atoms with Gasteiger partial charge < -0.3 is 20.3 Å². The third-order valence-corrected chi connectivity index (χ3v) is 5.61. The van der Waals surface area contributed by atoms with Crippen molar-refractivity contribution < 1.29 is 14.3 Å². The predicted octanol–water partition coefficient (Wildman–Crippen LogP) is 3.25. The molecule has 1 aromatic carbocycles. The molecule has 31 heavy (non-hydrogen) atoms. The van der Waals surface area contributed by atoms with Gasteiger partial charge in [-0.25, -0.2) is 4.98 Å². The monoisotopic (exact) mass is 421 g/mol. The highest BCUT2D eigenvalue weighted by Gasteiger charge is 2.27. The lowest BCUT2D eigenvalue weighted by molar-refractivity contribution is -0.111. The van der Waals surface area contributed by atoms with Gasteiger partial charge in [0.25, 0.3) is 5.91 Å². The third kappa shape index (κ3) is 5.39. The molecule has 2 fully saturated rings. The van der Waals surface area contributed by atoms with Gasteiger partial charge >= 0.3 is 0 Å². The second-order valence-corrected chi connectivity index (χ2v) is 7.89. The molecule has 1 atom stereocenters.